The van der Waals surface area contributed by atoms with E-state index in [0.29, 0.717) is 12.8 Å². The number of carboxylic acids is 1. The van der Waals surface area contributed by atoms with E-state index in [2.05, 4.69) is 5.32 Å². The van der Waals surface area contributed by atoms with Crippen molar-refractivity contribution in [1.29, 1.82) is 0 Å². The van der Waals surface area contributed by atoms with Gasteiger partial charge in [0.05, 0.1) is 6.10 Å². The second-order valence-electron chi connectivity index (χ2n) is 6.23. The van der Waals surface area contributed by atoms with Crippen LogP contribution >= 0.6 is 0 Å². The molecule has 0 aromatic heterocycles. The Morgan fingerprint density at radius 2 is 2.05 bits per heavy atom. The van der Waals surface area contributed by atoms with E-state index in [4.69, 9.17) is 9.84 Å². The zero-order chi connectivity index (χ0) is 14.5. The average Bonchev–Trinajstić information content (AvgIpc) is 2.33. The number of carbonyl (C=O) groups is 2. The summed E-state index contributed by atoms with van der Waals surface area (Å²) in [5.74, 6) is -1.20. The van der Waals surface area contributed by atoms with E-state index in [0.717, 1.165) is 25.9 Å². The maximum Gasteiger partial charge on any atom is 0.326 e. The molecule has 1 fully saturated rings. The molecule has 5 heteroatoms. The van der Waals surface area contributed by atoms with Gasteiger partial charge in [-0.1, -0.05) is 20.8 Å². The molecule has 0 radical (unpaired) electrons. The molecule has 0 spiro atoms. The highest BCUT2D eigenvalue weighted by Crippen LogP contribution is 2.20. The Kier molecular flexibility index (Phi) is 5.79. The molecule has 1 aliphatic rings. The molecule has 0 aromatic rings. The summed E-state index contributed by atoms with van der Waals surface area (Å²) in [4.78, 5) is 23.0. The standard InChI is InChI=1S/C14H25NO4/c1-14(2,3)12(13(17)18)15-11(16)8-7-10-6-4-5-9-19-10/h10,12H,4-9H2,1-3H3,(H,15,16)(H,17,18)/t10?,12-/m1/s1. The largest absolute Gasteiger partial charge is 0.480 e. The number of hydrogen-bond donors (Lipinski definition) is 2. The summed E-state index contributed by atoms with van der Waals surface area (Å²) in [7, 11) is 0. The first-order chi connectivity index (χ1) is 8.80. The van der Waals surface area contributed by atoms with Crippen LogP contribution in [0.15, 0.2) is 0 Å². The van der Waals surface area contributed by atoms with E-state index in [1.807, 2.05) is 0 Å². The number of amides is 1. The van der Waals surface area contributed by atoms with Gasteiger partial charge in [-0.25, -0.2) is 4.79 Å². The van der Waals surface area contributed by atoms with E-state index in [1.165, 1.54) is 0 Å². The van der Waals surface area contributed by atoms with Crippen molar-refractivity contribution in [2.75, 3.05) is 6.61 Å². The molecule has 0 aromatic carbocycles. The van der Waals surface area contributed by atoms with Crippen LogP contribution in [0.3, 0.4) is 0 Å². The maximum atomic E-state index is 11.8. The summed E-state index contributed by atoms with van der Waals surface area (Å²) in [5.41, 5.74) is -0.497. The van der Waals surface area contributed by atoms with Crippen LogP contribution in [0.4, 0.5) is 0 Å². The minimum Gasteiger partial charge on any atom is -0.480 e. The van der Waals surface area contributed by atoms with Gasteiger partial charge in [0.2, 0.25) is 5.91 Å². The molecule has 1 unspecified atom stereocenters. The van der Waals surface area contributed by atoms with E-state index in [9.17, 15) is 9.59 Å². The molecule has 0 bridgehead atoms. The Morgan fingerprint density at radius 3 is 2.53 bits per heavy atom. The molecular weight excluding hydrogens is 246 g/mol. The van der Waals surface area contributed by atoms with Crippen molar-refractivity contribution in [3.8, 4) is 0 Å². The lowest BCUT2D eigenvalue weighted by Gasteiger charge is -2.28. The summed E-state index contributed by atoms with van der Waals surface area (Å²) in [5, 5.41) is 11.7. The predicted octanol–water partition coefficient (Wildman–Crippen LogP) is 1.95. The average molecular weight is 271 g/mol. The topological polar surface area (TPSA) is 75.6 Å². The molecule has 0 saturated carbocycles. The monoisotopic (exact) mass is 271 g/mol. The molecule has 2 N–H and O–H groups in total. The van der Waals surface area contributed by atoms with Gasteiger partial charge < -0.3 is 15.2 Å². The zero-order valence-corrected chi connectivity index (χ0v) is 12.1. The fourth-order valence-corrected chi connectivity index (χ4v) is 2.21. The highest BCUT2D eigenvalue weighted by Gasteiger charge is 2.32. The molecule has 1 saturated heterocycles. The normalized spacial score (nSPS) is 21.7. The van der Waals surface area contributed by atoms with Crippen LogP contribution in [0.25, 0.3) is 0 Å². The number of rotatable bonds is 5. The molecule has 110 valence electrons. The molecule has 1 rings (SSSR count). The van der Waals surface area contributed by atoms with Gasteiger partial charge in [-0.15, -0.1) is 0 Å². The van der Waals surface area contributed by atoms with E-state index < -0.39 is 17.4 Å². The Bertz CT molecular complexity index is 316. The van der Waals surface area contributed by atoms with Crippen LogP contribution < -0.4 is 5.32 Å². The third-order valence-electron chi connectivity index (χ3n) is 3.39. The lowest BCUT2D eigenvalue weighted by atomic mass is 9.86. The van der Waals surface area contributed by atoms with Crippen molar-refractivity contribution in [3.63, 3.8) is 0 Å². The maximum absolute atomic E-state index is 11.8. The number of carboxylic acid groups (broad SMARTS) is 1. The highest BCUT2D eigenvalue weighted by atomic mass is 16.5. The second-order valence-corrected chi connectivity index (χ2v) is 6.23. The minimum atomic E-state index is -0.991. The summed E-state index contributed by atoms with van der Waals surface area (Å²) in [6, 6.07) is -0.854. The molecule has 0 aliphatic carbocycles. The molecule has 5 nitrogen and oxygen atoms in total. The lowest BCUT2D eigenvalue weighted by Crippen LogP contribution is -2.49. The Balaban J connectivity index is 2.38. The van der Waals surface area contributed by atoms with Gasteiger partial charge in [-0.3, -0.25) is 4.79 Å². The lowest BCUT2D eigenvalue weighted by molar-refractivity contribution is -0.145. The Morgan fingerprint density at radius 1 is 1.37 bits per heavy atom. The summed E-state index contributed by atoms with van der Waals surface area (Å²) < 4.78 is 5.55. The number of hydrogen-bond acceptors (Lipinski definition) is 3. The summed E-state index contributed by atoms with van der Waals surface area (Å²) >= 11 is 0. The second kappa shape index (κ2) is 6.89. The van der Waals surface area contributed by atoms with Crippen molar-refractivity contribution in [2.45, 2.75) is 65.0 Å². The van der Waals surface area contributed by atoms with Crippen LogP contribution in [-0.4, -0.2) is 35.7 Å². The van der Waals surface area contributed by atoms with Crippen molar-refractivity contribution in [2.24, 2.45) is 5.41 Å². The number of aliphatic carboxylic acids is 1. The van der Waals surface area contributed by atoms with Gasteiger partial charge in [0, 0.05) is 13.0 Å². The van der Waals surface area contributed by atoms with E-state index >= 15 is 0 Å². The van der Waals surface area contributed by atoms with Crippen molar-refractivity contribution in [3.05, 3.63) is 0 Å². The molecular formula is C14H25NO4. The molecule has 1 heterocycles. The van der Waals surface area contributed by atoms with Crippen molar-refractivity contribution < 1.29 is 19.4 Å². The van der Waals surface area contributed by atoms with E-state index in [1.54, 1.807) is 20.8 Å². The fraction of sp³-hybridized carbons (Fsp3) is 0.857. The number of ether oxygens (including phenoxy) is 1. The quantitative estimate of drug-likeness (QED) is 0.801. The van der Waals surface area contributed by atoms with Gasteiger partial charge in [0.15, 0.2) is 0 Å². The van der Waals surface area contributed by atoms with Gasteiger partial charge in [0.25, 0.3) is 0 Å². The fourth-order valence-electron chi connectivity index (χ4n) is 2.21. The third kappa shape index (κ3) is 5.59. The van der Waals surface area contributed by atoms with Crippen LogP contribution in [0, 0.1) is 5.41 Å². The van der Waals surface area contributed by atoms with Gasteiger partial charge in [-0.05, 0) is 31.1 Å². The highest BCUT2D eigenvalue weighted by molar-refractivity contribution is 5.84. The number of nitrogens with one attached hydrogen (secondary N) is 1. The summed E-state index contributed by atoms with van der Waals surface area (Å²) in [6.45, 7) is 6.18. The SMILES string of the molecule is CC(C)(C)[C@H](NC(=O)CCC1CCCCO1)C(=O)O. The molecule has 1 amide bonds. The van der Waals surface area contributed by atoms with Gasteiger partial charge in [-0.2, -0.15) is 0 Å². The van der Waals surface area contributed by atoms with Crippen LogP contribution in [0.2, 0.25) is 0 Å². The van der Waals surface area contributed by atoms with Crippen LogP contribution in [0.5, 0.6) is 0 Å². The Hall–Kier alpha value is -1.10. The third-order valence-corrected chi connectivity index (χ3v) is 3.39. The first-order valence-electron chi connectivity index (χ1n) is 6.94. The smallest absolute Gasteiger partial charge is 0.326 e. The first kappa shape index (κ1) is 16.0. The molecule has 1 aliphatic heterocycles. The first-order valence-corrected chi connectivity index (χ1v) is 6.94. The van der Waals surface area contributed by atoms with E-state index in [-0.39, 0.29) is 12.0 Å². The molecule has 19 heavy (non-hydrogen) atoms. The summed E-state index contributed by atoms with van der Waals surface area (Å²) in [6.07, 6.45) is 4.37. The zero-order valence-electron chi connectivity index (χ0n) is 12.1. The molecule has 2 atom stereocenters. The van der Waals surface area contributed by atoms with Crippen LogP contribution in [0.1, 0.15) is 52.9 Å². The van der Waals surface area contributed by atoms with Crippen molar-refractivity contribution >= 4 is 11.9 Å². The van der Waals surface area contributed by atoms with Crippen LogP contribution in [-0.2, 0) is 14.3 Å². The van der Waals surface area contributed by atoms with Crippen molar-refractivity contribution in [1.82, 2.24) is 5.32 Å². The minimum absolute atomic E-state index is 0.150. The predicted molar refractivity (Wildman–Crippen MR) is 71.8 cm³/mol. The van der Waals surface area contributed by atoms with Gasteiger partial charge >= 0.3 is 5.97 Å². The van der Waals surface area contributed by atoms with Gasteiger partial charge in [0.1, 0.15) is 6.04 Å². The Labute approximate surface area is 114 Å². The number of carbonyl (C=O) groups excluding carboxylic acids is 1.